The van der Waals surface area contributed by atoms with Crippen LogP contribution in [-0.4, -0.2) is 28.1 Å². The number of rotatable bonds is 3. The van der Waals surface area contributed by atoms with Crippen molar-refractivity contribution in [3.63, 3.8) is 0 Å². The third-order valence-corrected chi connectivity index (χ3v) is 3.34. The molecule has 1 heterocycles. The van der Waals surface area contributed by atoms with Gasteiger partial charge < -0.3 is 4.90 Å². The third-order valence-electron chi connectivity index (χ3n) is 2.33. The van der Waals surface area contributed by atoms with Gasteiger partial charge in [0.1, 0.15) is 0 Å². The average molecular weight is 304 g/mol. The first-order valence-electron chi connectivity index (χ1n) is 5.16. The predicted molar refractivity (Wildman–Crippen MR) is 67.1 cm³/mol. The van der Waals surface area contributed by atoms with E-state index in [4.69, 9.17) is 11.6 Å². The largest absolute Gasteiger partial charge is 0.335 e. The van der Waals surface area contributed by atoms with Gasteiger partial charge in [-0.15, -0.1) is 10.2 Å². The molecule has 0 bridgehead atoms. The smallest absolute Gasteiger partial charge is 0.284 e. The summed E-state index contributed by atoms with van der Waals surface area (Å²) in [5.74, 6) is -2.25. The zero-order valence-corrected chi connectivity index (χ0v) is 11.3. The standard InChI is InChI=1S/C11H8ClF2N3OS/c1-17(10(18)9-15-16-11(12)19-9)5-6-2-3-7(13)8(14)4-6/h2-4H,5H2,1H3. The number of carbonyl (C=O) groups excluding carboxylic acids is 1. The molecule has 0 saturated heterocycles. The van der Waals surface area contributed by atoms with Crippen LogP contribution in [0, 0.1) is 11.6 Å². The molecule has 2 aromatic rings. The maximum atomic E-state index is 13.0. The average Bonchev–Trinajstić information content (AvgIpc) is 2.79. The van der Waals surface area contributed by atoms with E-state index in [1.807, 2.05) is 0 Å². The van der Waals surface area contributed by atoms with Crippen molar-refractivity contribution < 1.29 is 13.6 Å². The summed E-state index contributed by atoms with van der Waals surface area (Å²) < 4.78 is 26.0. The van der Waals surface area contributed by atoms with E-state index in [1.54, 1.807) is 0 Å². The highest BCUT2D eigenvalue weighted by Gasteiger charge is 2.17. The van der Waals surface area contributed by atoms with E-state index in [-0.39, 0.29) is 21.9 Å². The van der Waals surface area contributed by atoms with Crippen molar-refractivity contribution in [2.45, 2.75) is 6.54 Å². The summed E-state index contributed by atoms with van der Waals surface area (Å²) in [6.07, 6.45) is 0. The first kappa shape index (κ1) is 13.8. The monoisotopic (exact) mass is 303 g/mol. The van der Waals surface area contributed by atoms with Crippen LogP contribution in [0.3, 0.4) is 0 Å². The lowest BCUT2D eigenvalue weighted by Gasteiger charge is -2.15. The van der Waals surface area contributed by atoms with Gasteiger partial charge in [-0.2, -0.15) is 0 Å². The molecule has 0 fully saturated rings. The Morgan fingerprint density at radius 2 is 2.11 bits per heavy atom. The van der Waals surface area contributed by atoms with Crippen LogP contribution in [0.4, 0.5) is 8.78 Å². The first-order chi connectivity index (χ1) is 8.97. The van der Waals surface area contributed by atoms with Crippen LogP contribution in [-0.2, 0) is 6.54 Å². The molecule has 0 unspecified atom stereocenters. The number of nitrogens with zero attached hydrogens (tertiary/aromatic N) is 3. The summed E-state index contributed by atoms with van der Waals surface area (Å²) >= 11 is 6.55. The number of hydrogen-bond acceptors (Lipinski definition) is 4. The molecule has 19 heavy (non-hydrogen) atoms. The molecule has 0 aliphatic carbocycles. The maximum absolute atomic E-state index is 13.0. The van der Waals surface area contributed by atoms with E-state index >= 15 is 0 Å². The Hall–Kier alpha value is -1.60. The second-order valence-electron chi connectivity index (χ2n) is 3.77. The van der Waals surface area contributed by atoms with E-state index < -0.39 is 11.6 Å². The van der Waals surface area contributed by atoms with Gasteiger partial charge in [-0.05, 0) is 29.3 Å². The van der Waals surface area contributed by atoms with Crippen LogP contribution in [0.2, 0.25) is 4.47 Å². The van der Waals surface area contributed by atoms with Crippen LogP contribution in [0.25, 0.3) is 0 Å². The lowest BCUT2D eigenvalue weighted by atomic mass is 10.2. The summed E-state index contributed by atoms with van der Waals surface area (Å²) in [4.78, 5) is 13.2. The third kappa shape index (κ3) is 3.24. The van der Waals surface area contributed by atoms with Gasteiger partial charge in [0.2, 0.25) is 9.47 Å². The molecule has 1 amide bonds. The highest BCUT2D eigenvalue weighted by molar-refractivity contribution is 7.17. The zero-order chi connectivity index (χ0) is 14.0. The minimum atomic E-state index is -0.947. The molecule has 100 valence electrons. The van der Waals surface area contributed by atoms with Gasteiger partial charge in [0.05, 0.1) is 0 Å². The van der Waals surface area contributed by atoms with Crippen LogP contribution in [0.1, 0.15) is 15.4 Å². The molecule has 0 aliphatic rings. The lowest BCUT2D eigenvalue weighted by Crippen LogP contribution is -2.26. The molecule has 0 N–H and O–H groups in total. The quantitative estimate of drug-likeness (QED) is 0.876. The van der Waals surface area contributed by atoms with Crippen molar-refractivity contribution in [3.8, 4) is 0 Å². The molecule has 0 aliphatic heterocycles. The molecule has 4 nitrogen and oxygen atoms in total. The van der Waals surface area contributed by atoms with Gasteiger partial charge in [-0.25, -0.2) is 8.78 Å². The zero-order valence-electron chi connectivity index (χ0n) is 9.73. The van der Waals surface area contributed by atoms with Crippen molar-refractivity contribution >= 4 is 28.8 Å². The fourth-order valence-corrected chi connectivity index (χ4v) is 2.26. The highest BCUT2D eigenvalue weighted by atomic mass is 35.5. The SMILES string of the molecule is CN(Cc1ccc(F)c(F)c1)C(=O)c1nnc(Cl)s1. The number of carbonyl (C=O) groups is 1. The number of hydrogen-bond donors (Lipinski definition) is 0. The van der Waals surface area contributed by atoms with E-state index in [0.29, 0.717) is 5.56 Å². The second kappa shape index (κ2) is 5.58. The van der Waals surface area contributed by atoms with Crippen LogP contribution in [0.5, 0.6) is 0 Å². The Bertz CT molecular complexity index is 620. The molecule has 0 saturated carbocycles. The number of amides is 1. The Balaban J connectivity index is 2.10. The van der Waals surface area contributed by atoms with Gasteiger partial charge in [-0.3, -0.25) is 4.79 Å². The van der Waals surface area contributed by atoms with Gasteiger partial charge in [0.15, 0.2) is 11.6 Å². The fourth-order valence-electron chi connectivity index (χ4n) is 1.44. The Labute approximate surface area is 116 Å². The van der Waals surface area contributed by atoms with E-state index in [2.05, 4.69) is 10.2 Å². The Morgan fingerprint density at radius 1 is 1.37 bits per heavy atom. The molecule has 0 radical (unpaired) electrons. The minimum absolute atomic E-state index is 0.132. The van der Waals surface area contributed by atoms with Crippen LogP contribution < -0.4 is 0 Å². The summed E-state index contributed by atoms with van der Waals surface area (Å²) in [7, 11) is 1.53. The van der Waals surface area contributed by atoms with E-state index in [1.165, 1.54) is 18.0 Å². The molecule has 2 rings (SSSR count). The van der Waals surface area contributed by atoms with Crippen molar-refractivity contribution in [2.75, 3.05) is 7.05 Å². The molecular weight excluding hydrogens is 296 g/mol. The minimum Gasteiger partial charge on any atom is -0.335 e. The maximum Gasteiger partial charge on any atom is 0.284 e. The molecule has 8 heteroatoms. The molecule has 1 aromatic carbocycles. The first-order valence-corrected chi connectivity index (χ1v) is 6.35. The summed E-state index contributed by atoms with van der Waals surface area (Å²) in [6.45, 7) is 0.132. The molecule has 1 aromatic heterocycles. The number of benzene rings is 1. The number of halogens is 3. The normalized spacial score (nSPS) is 10.5. The molecular formula is C11H8ClF2N3OS. The van der Waals surface area contributed by atoms with Crippen molar-refractivity contribution in [3.05, 3.63) is 44.9 Å². The second-order valence-corrected chi connectivity index (χ2v) is 5.33. The molecule has 0 spiro atoms. The summed E-state index contributed by atoms with van der Waals surface area (Å²) in [5, 5.41) is 7.30. The molecule has 0 atom stereocenters. The topological polar surface area (TPSA) is 46.1 Å². The lowest BCUT2D eigenvalue weighted by molar-refractivity contribution is 0.0783. The van der Waals surface area contributed by atoms with E-state index in [0.717, 1.165) is 23.5 Å². The van der Waals surface area contributed by atoms with Gasteiger partial charge in [0, 0.05) is 13.6 Å². The predicted octanol–water partition coefficient (Wildman–Crippen LogP) is 2.74. The van der Waals surface area contributed by atoms with Crippen LogP contribution >= 0.6 is 22.9 Å². The fraction of sp³-hybridized carbons (Fsp3) is 0.182. The van der Waals surface area contributed by atoms with Crippen molar-refractivity contribution in [2.24, 2.45) is 0 Å². The summed E-state index contributed by atoms with van der Waals surface area (Å²) in [6, 6.07) is 3.48. The van der Waals surface area contributed by atoms with Crippen LogP contribution in [0.15, 0.2) is 18.2 Å². The Kier molecular flexibility index (Phi) is 4.06. The van der Waals surface area contributed by atoms with Gasteiger partial charge in [0.25, 0.3) is 5.91 Å². The highest BCUT2D eigenvalue weighted by Crippen LogP contribution is 2.17. The Morgan fingerprint density at radius 3 is 2.68 bits per heavy atom. The van der Waals surface area contributed by atoms with Gasteiger partial charge >= 0.3 is 0 Å². The van der Waals surface area contributed by atoms with Gasteiger partial charge in [-0.1, -0.05) is 17.4 Å². The van der Waals surface area contributed by atoms with E-state index in [9.17, 15) is 13.6 Å². The van der Waals surface area contributed by atoms with Crippen molar-refractivity contribution in [1.82, 2.24) is 15.1 Å². The van der Waals surface area contributed by atoms with Crippen molar-refractivity contribution in [1.29, 1.82) is 0 Å². The number of aromatic nitrogens is 2. The summed E-state index contributed by atoms with van der Waals surface area (Å²) in [5.41, 5.74) is 0.477.